The van der Waals surface area contributed by atoms with Crippen molar-refractivity contribution in [3.8, 4) is 0 Å². The Hall–Kier alpha value is -3.95. The molecule has 2 aromatic rings. The number of nitrogens with one attached hydrogen (secondary N) is 1. The largest absolute Gasteiger partial charge is 0.481 e. The lowest BCUT2D eigenvalue weighted by Gasteiger charge is -2.24. The summed E-state index contributed by atoms with van der Waals surface area (Å²) in [5.41, 5.74) is 0.918. The topological polar surface area (TPSA) is 99.1 Å². The van der Waals surface area contributed by atoms with Crippen molar-refractivity contribution in [3.63, 3.8) is 0 Å². The van der Waals surface area contributed by atoms with Crippen LogP contribution >= 0.6 is 0 Å². The average molecular weight is 429 g/mol. The van der Waals surface area contributed by atoms with Gasteiger partial charge in [-0.1, -0.05) is 6.07 Å². The van der Waals surface area contributed by atoms with E-state index in [1.54, 1.807) is 0 Å². The maximum Gasteiger partial charge on any atom is 0.307 e. The van der Waals surface area contributed by atoms with E-state index in [2.05, 4.69) is 10.3 Å². The van der Waals surface area contributed by atoms with Crippen molar-refractivity contribution < 1.29 is 32.7 Å². The molecular weight excluding hydrogens is 415 g/mol. The monoisotopic (exact) mass is 429 g/mol. The van der Waals surface area contributed by atoms with E-state index in [0.717, 1.165) is 6.21 Å². The smallest absolute Gasteiger partial charge is 0.307 e. The van der Waals surface area contributed by atoms with Crippen molar-refractivity contribution in [2.45, 2.75) is 18.9 Å². The number of ketones is 1. The molecule has 0 saturated carbocycles. The summed E-state index contributed by atoms with van der Waals surface area (Å²) >= 11 is 0. The molecule has 2 N–H and O–H groups in total. The first kappa shape index (κ1) is 20.3. The zero-order valence-electron chi connectivity index (χ0n) is 15.7. The highest BCUT2D eigenvalue weighted by atomic mass is 19.1. The number of carboxylic acid groups (broad SMARTS) is 1. The number of aliphatic imine (C=N–C) groups is 1. The fraction of sp³-hybridized carbons (Fsp3) is 0.143. The molecular formula is C21H14F3N3O4. The van der Waals surface area contributed by atoms with Gasteiger partial charge < -0.3 is 15.3 Å². The van der Waals surface area contributed by atoms with Gasteiger partial charge in [0.1, 0.15) is 17.5 Å². The number of aliphatic carboxylic acids is 1. The van der Waals surface area contributed by atoms with E-state index in [1.165, 1.54) is 23.2 Å². The Morgan fingerprint density at radius 3 is 2.58 bits per heavy atom. The predicted octanol–water partition coefficient (Wildman–Crippen LogP) is 2.90. The van der Waals surface area contributed by atoms with E-state index in [4.69, 9.17) is 0 Å². The maximum atomic E-state index is 14.3. The van der Waals surface area contributed by atoms with Crippen LogP contribution in [-0.2, 0) is 27.3 Å². The molecule has 0 spiro atoms. The number of amides is 1. The summed E-state index contributed by atoms with van der Waals surface area (Å²) in [5.74, 6) is -5.79. The summed E-state index contributed by atoms with van der Waals surface area (Å²) in [7, 11) is 0. The van der Waals surface area contributed by atoms with Crippen LogP contribution in [0.25, 0.3) is 0 Å². The van der Waals surface area contributed by atoms with Crippen molar-refractivity contribution in [2.75, 3.05) is 10.2 Å². The van der Waals surface area contributed by atoms with Crippen molar-refractivity contribution in [1.29, 1.82) is 0 Å². The Balaban J connectivity index is 1.90. The Morgan fingerprint density at radius 1 is 1.23 bits per heavy atom. The average Bonchev–Trinajstić information content (AvgIpc) is 3.01. The summed E-state index contributed by atoms with van der Waals surface area (Å²) in [6, 6.07) is 4.07. The molecule has 158 valence electrons. The lowest BCUT2D eigenvalue weighted by Crippen LogP contribution is -2.25. The van der Waals surface area contributed by atoms with Gasteiger partial charge in [0.2, 0.25) is 6.41 Å². The van der Waals surface area contributed by atoms with Gasteiger partial charge in [-0.25, -0.2) is 13.2 Å². The van der Waals surface area contributed by atoms with Gasteiger partial charge in [0.05, 0.1) is 36.5 Å². The van der Waals surface area contributed by atoms with E-state index in [-0.39, 0.29) is 17.8 Å². The van der Waals surface area contributed by atoms with Gasteiger partial charge in [0.15, 0.2) is 5.78 Å². The number of benzene rings is 2. The third-order valence-corrected chi connectivity index (χ3v) is 5.16. The fourth-order valence-electron chi connectivity index (χ4n) is 3.92. The first-order chi connectivity index (χ1) is 14.8. The SMILES string of the molecule is O=CNc1c(CC(=O)O)ccc2c1C1C(=O)C=NC=C1N2Cc1c(F)cc(F)cc1F. The number of nitrogens with zero attached hydrogens (tertiary/aromatic N) is 2. The minimum absolute atomic E-state index is 0.136. The van der Waals surface area contributed by atoms with Crippen LogP contribution in [0.1, 0.15) is 22.6 Å². The summed E-state index contributed by atoms with van der Waals surface area (Å²) in [6.07, 6.45) is 2.37. The molecule has 7 nitrogen and oxygen atoms in total. The van der Waals surface area contributed by atoms with Gasteiger partial charge in [0.25, 0.3) is 0 Å². The van der Waals surface area contributed by atoms with Crippen LogP contribution in [0.5, 0.6) is 0 Å². The number of halogens is 3. The van der Waals surface area contributed by atoms with Gasteiger partial charge in [-0.15, -0.1) is 0 Å². The van der Waals surface area contributed by atoms with Crippen molar-refractivity contribution in [2.24, 2.45) is 4.99 Å². The highest BCUT2D eigenvalue weighted by Crippen LogP contribution is 2.50. The minimum Gasteiger partial charge on any atom is -0.481 e. The molecule has 0 radical (unpaired) electrons. The van der Waals surface area contributed by atoms with E-state index in [9.17, 15) is 32.7 Å². The van der Waals surface area contributed by atoms with Crippen LogP contribution in [0.4, 0.5) is 24.5 Å². The molecule has 0 aliphatic carbocycles. The second kappa shape index (κ2) is 7.71. The van der Waals surface area contributed by atoms with Gasteiger partial charge >= 0.3 is 5.97 Å². The van der Waals surface area contributed by atoms with Gasteiger partial charge in [-0.2, -0.15) is 0 Å². The molecule has 4 rings (SSSR count). The molecule has 0 saturated heterocycles. The van der Waals surface area contributed by atoms with Crippen molar-refractivity contribution >= 4 is 35.8 Å². The highest BCUT2D eigenvalue weighted by Gasteiger charge is 2.42. The number of carbonyl (C=O) groups excluding carboxylic acids is 2. The Bertz CT molecular complexity index is 1170. The number of rotatable bonds is 6. The van der Waals surface area contributed by atoms with E-state index >= 15 is 0 Å². The highest BCUT2D eigenvalue weighted by molar-refractivity contribution is 6.33. The van der Waals surface area contributed by atoms with Crippen LogP contribution < -0.4 is 10.2 Å². The first-order valence-corrected chi connectivity index (χ1v) is 9.07. The number of fused-ring (bicyclic) bond motifs is 3. The standard InChI is InChI=1S/C21H14F3N3O4/c22-11-4-13(23)12(14(24)5-11)8-27-15-2-1-10(3-18(30)31)21(26-9-28)20(15)19-16(27)6-25-7-17(19)29/h1-2,4-7,9,19H,3,8H2,(H,26,28)(H,30,31). The normalized spacial score (nSPS) is 16.6. The van der Waals surface area contributed by atoms with Crippen molar-refractivity contribution in [3.05, 3.63) is 70.3 Å². The van der Waals surface area contributed by atoms with Crippen LogP contribution in [0.2, 0.25) is 0 Å². The molecule has 2 aromatic carbocycles. The number of carbonyl (C=O) groups is 3. The zero-order valence-corrected chi connectivity index (χ0v) is 15.7. The molecule has 2 heterocycles. The number of allylic oxidation sites excluding steroid dienone is 1. The molecule has 0 fully saturated rings. The molecule has 1 unspecified atom stereocenters. The summed E-state index contributed by atoms with van der Waals surface area (Å²) in [5, 5.41) is 11.6. The minimum atomic E-state index is -1.15. The number of carboxylic acids is 1. The number of hydrogen-bond acceptors (Lipinski definition) is 5. The van der Waals surface area contributed by atoms with Crippen LogP contribution in [-0.4, -0.2) is 29.5 Å². The molecule has 31 heavy (non-hydrogen) atoms. The quantitative estimate of drug-likeness (QED) is 0.688. The third kappa shape index (κ3) is 3.45. The summed E-state index contributed by atoms with van der Waals surface area (Å²) in [6.45, 7) is -0.380. The summed E-state index contributed by atoms with van der Waals surface area (Å²) < 4.78 is 41.9. The number of anilines is 2. The van der Waals surface area contributed by atoms with E-state index in [1.807, 2.05) is 0 Å². The predicted molar refractivity (Wildman–Crippen MR) is 104 cm³/mol. The van der Waals surface area contributed by atoms with E-state index in [0.29, 0.717) is 35.5 Å². The van der Waals surface area contributed by atoms with Crippen LogP contribution in [0.15, 0.2) is 41.2 Å². The summed E-state index contributed by atoms with van der Waals surface area (Å²) in [4.78, 5) is 40.4. The molecule has 0 aromatic heterocycles. The Labute approximate surface area is 173 Å². The molecule has 1 amide bonds. The Morgan fingerprint density at radius 2 is 1.94 bits per heavy atom. The number of hydrogen-bond donors (Lipinski definition) is 2. The molecule has 2 aliphatic rings. The van der Waals surface area contributed by atoms with Gasteiger partial charge in [-0.3, -0.25) is 19.4 Å². The maximum absolute atomic E-state index is 14.3. The van der Waals surface area contributed by atoms with Crippen molar-refractivity contribution in [1.82, 2.24) is 0 Å². The molecule has 2 aliphatic heterocycles. The number of Topliss-reactive ketones (excluding diaryl/α,β-unsaturated/α-hetero) is 1. The lowest BCUT2D eigenvalue weighted by molar-refractivity contribution is -0.136. The zero-order chi connectivity index (χ0) is 22.3. The Kier molecular flexibility index (Phi) is 5.05. The van der Waals surface area contributed by atoms with Crippen LogP contribution in [0, 0.1) is 17.5 Å². The molecule has 10 heteroatoms. The molecule has 0 bridgehead atoms. The second-order valence-electron chi connectivity index (χ2n) is 6.97. The fourth-order valence-corrected chi connectivity index (χ4v) is 3.92. The lowest BCUT2D eigenvalue weighted by atomic mass is 9.90. The van der Waals surface area contributed by atoms with Gasteiger partial charge in [-0.05, 0) is 11.6 Å². The first-order valence-electron chi connectivity index (χ1n) is 9.07. The molecule has 1 atom stereocenters. The van der Waals surface area contributed by atoms with E-state index < -0.39 is 47.1 Å². The second-order valence-corrected chi connectivity index (χ2v) is 6.97. The third-order valence-electron chi connectivity index (χ3n) is 5.16. The van der Waals surface area contributed by atoms with Gasteiger partial charge in [0, 0.05) is 35.1 Å². The van der Waals surface area contributed by atoms with Crippen LogP contribution in [0.3, 0.4) is 0 Å².